The monoisotopic (exact) mass is 316 g/mol. The third kappa shape index (κ3) is 3.04. The summed E-state index contributed by atoms with van der Waals surface area (Å²) >= 11 is 0. The van der Waals surface area contributed by atoms with Crippen molar-refractivity contribution >= 4 is 11.6 Å². The number of nitro groups is 1. The molecule has 9 nitrogen and oxygen atoms in total. The minimum atomic E-state index is -0.479. The van der Waals surface area contributed by atoms with Crippen LogP contribution in [0.2, 0.25) is 0 Å². The third-order valence-corrected chi connectivity index (χ3v) is 3.92. The van der Waals surface area contributed by atoms with Crippen molar-refractivity contribution in [3.63, 3.8) is 0 Å². The average Bonchev–Trinajstić information content (AvgIpc) is 3.25. The van der Waals surface area contributed by atoms with Crippen molar-refractivity contribution in [2.45, 2.75) is 12.5 Å². The minimum Gasteiger partial charge on any atom is -0.336 e. The minimum absolute atomic E-state index is 0.0416. The highest BCUT2D eigenvalue weighted by atomic mass is 16.6. The van der Waals surface area contributed by atoms with Gasteiger partial charge in [0, 0.05) is 31.8 Å². The van der Waals surface area contributed by atoms with E-state index in [2.05, 4.69) is 15.6 Å². The Labute approximate surface area is 132 Å². The Kier molecular flexibility index (Phi) is 4.02. The van der Waals surface area contributed by atoms with Crippen LogP contribution in [-0.2, 0) is 0 Å². The second-order valence-electron chi connectivity index (χ2n) is 5.39. The molecule has 1 aliphatic heterocycles. The highest BCUT2D eigenvalue weighted by molar-refractivity contribution is 5.92. The molecule has 1 aromatic heterocycles. The van der Waals surface area contributed by atoms with Crippen LogP contribution >= 0.6 is 0 Å². The fourth-order valence-electron chi connectivity index (χ4n) is 2.55. The van der Waals surface area contributed by atoms with Gasteiger partial charge in [0.2, 0.25) is 0 Å². The summed E-state index contributed by atoms with van der Waals surface area (Å²) in [6.45, 7) is 1.66. The maximum Gasteiger partial charge on any atom is 0.276 e. The van der Waals surface area contributed by atoms with Gasteiger partial charge in [-0.1, -0.05) is 11.3 Å². The first-order valence-corrected chi connectivity index (χ1v) is 7.21. The maximum absolute atomic E-state index is 12.4. The molecule has 1 amide bonds. The molecule has 3 rings (SSSR count). The van der Waals surface area contributed by atoms with E-state index in [1.54, 1.807) is 24.1 Å². The molecule has 1 saturated heterocycles. The summed E-state index contributed by atoms with van der Waals surface area (Å²) in [5.41, 5.74) is 0.655. The Hall–Kier alpha value is -2.81. The summed E-state index contributed by atoms with van der Waals surface area (Å²) in [6, 6.07) is 6.15. The van der Waals surface area contributed by atoms with E-state index in [1.165, 1.54) is 23.0 Å². The van der Waals surface area contributed by atoms with Crippen LogP contribution in [0.3, 0.4) is 0 Å². The zero-order chi connectivity index (χ0) is 16.4. The van der Waals surface area contributed by atoms with E-state index in [4.69, 9.17) is 0 Å². The second kappa shape index (κ2) is 6.13. The Bertz CT molecular complexity index is 738. The van der Waals surface area contributed by atoms with Gasteiger partial charge in [0.25, 0.3) is 11.6 Å². The number of non-ortho nitro benzene ring substituents is 1. The molecule has 0 aliphatic carbocycles. The van der Waals surface area contributed by atoms with E-state index in [1.807, 2.05) is 0 Å². The molecule has 23 heavy (non-hydrogen) atoms. The third-order valence-electron chi connectivity index (χ3n) is 3.92. The number of hydrogen-bond acceptors (Lipinski definition) is 6. The van der Waals surface area contributed by atoms with Gasteiger partial charge < -0.3 is 10.2 Å². The van der Waals surface area contributed by atoms with Crippen molar-refractivity contribution in [3.05, 3.63) is 46.3 Å². The number of benzene rings is 1. The lowest BCUT2D eigenvalue weighted by Gasteiger charge is -2.22. The van der Waals surface area contributed by atoms with Crippen molar-refractivity contribution in [2.24, 2.45) is 0 Å². The number of carbonyl (C=O) groups is 1. The van der Waals surface area contributed by atoms with Gasteiger partial charge in [-0.25, -0.2) is 4.68 Å². The molecule has 120 valence electrons. The van der Waals surface area contributed by atoms with Gasteiger partial charge >= 0.3 is 0 Å². The molecule has 0 spiro atoms. The molecule has 9 heteroatoms. The number of amides is 1. The normalized spacial score (nSPS) is 17.2. The molecule has 2 heterocycles. The first-order valence-electron chi connectivity index (χ1n) is 7.21. The van der Waals surface area contributed by atoms with Crippen LogP contribution in [0.15, 0.2) is 30.5 Å². The van der Waals surface area contributed by atoms with Crippen molar-refractivity contribution in [2.75, 3.05) is 20.1 Å². The second-order valence-corrected chi connectivity index (χ2v) is 5.39. The molecule has 1 aliphatic rings. The Morgan fingerprint density at radius 3 is 3.04 bits per heavy atom. The van der Waals surface area contributed by atoms with Crippen LogP contribution in [-0.4, -0.2) is 56.9 Å². The lowest BCUT2D eigenvalue weighted by molar-refractivity contribution is -0.384. The molecule has 1 atom stereocenters. The molecule has 1 N–H and O–H groups in total. The predicted octanol–water partition coefficient (Wildman–Crippen LogP) is 0.609. The SMILES string of the molecule is CN(C(=O)c1cn(-c2cccc([N+](=O)[O-])c2)nn1)C1CCNC1. The van der Waals surface area contributed by atoms with Gasteiger partial charge in [-0.05, 0) is 19.0 Å². The van der Waals surface area contributed by atoms with Crippen LogP contribution in [0.4, 0.5) is 5.69 Å². The first kappa shape index (κ1) is 15.1. The number of nitro benzene ring substituents is 1. The number of nitrogens with one attached hydrogen (secondary N) is 1. The summed E-state index contributed by atoms with van der Waals surface area (Å²) in [5.74, 6) is -0.213. The lowest BCUT2D eigenvalue weighted by atomic mass is 10.2. The topological polar surface area (TPSA) is 106 Å². The van der Waals surface area contributed by atoms with Crippen LogP contribution < -0.4 is 5.32 Å². The Balaban J connectivity index is 1.81. The molecule has 0 bridgehead atoms. The van der Waals surface area contributed by atoms with Gasteiger partial charge in [-0.15, -0.1) is 5.10 Å². The number of rotatable bonds is 4. The molecular weight excluding hydrogens is 300 g/mol. The average molecular weight is 316 g/mol. The van der Waals surface area contributed by atoms with Gasteiger partial charge in [-0.2, -0.15) is 0 Å². The number of carbonyl (C=O) groups excluding carboxylic acids is 1. The fraction of sp³-hybridized carbons (Fsp3) is 0.357. The van der Waals surface area contributed by atoms with E-state index in [-0.39, 0.29) is 23.3 Å². The van der Waals surface area contributed by atoms with E-state index in [0.717, 1.165) is 19.5 Å². The van der Waals surface area contributed by atoms with Gasteiger partial charge in [-0.3, -0.25) is 14.9 Å². The quantitative estimate of drug-likeness (QED) is 0.654. The molecule has 0 radical (unpaired) electrons. The van der Waals surface area contributed by atoms with Crippen LogP contribution in [0, 0.1) is 10.1 Å². The highest BCUT2D eigenvalue weighted by Crippen LogP contribution is 2.17. The summed E-state index contributed by atoms with van der Waals surface area (Å²) in [6.07, 6.45) is 2.39. The van der Waals surface area contributed by atoms with Crippen molar-refractivity contribution in [1.82, 2.24) is 25.2 Å². The molecule has 1 aromatic carbocycles. The van der Waals surface area contributed by atoms with Crippen molar-refractivity contribution in [1.29, 1.82) is 0 Å². The number of likely N-dealkylation sites (N-methyl/N-ethyl adjacent to an activating group) is 1. The van der Waals surface area contributed by atoms with Crippen molar-refractivity contribution in [3.8, 4) is 5.69 Å². The Morgan fingerprint density at radius 1 is 1.52 bits per heavy atom. The largest absolute Gasteiger partial charge is 0.336 e. The molecule has 0 saturated carbocycles. The number of aromatic nitrogens is 3. The smallest absolute Gasteiger partial charge is 0.276 e. The van der Waals surface area contributed by atoms with E-state index < -0.39 is 4.92 Å². The van der Waals surface area contributed by atoms with Crippen LogP contribution in [0.5, 0.6) is 0 Å². The molecule has 1 unspecified atom stereocenters. The fourth-order valence-corrected chi connectivity index (χ4v) is 2.55. The predicted molar refractivity (Wildman–Crippen MR) is 81.4 cm³/mol. The lowest BCUT2D eigenvalue weighted by Crippen LogP contribution is -2.38. The van der Waals surface area contributed by atoms with E-state index >= 15 is 0 Å². The summed E-state index contributed by atoms with van der Waals surface area (Å²) in [5, 5.41) is 21.8. The summed E-state index contributed by atoms with van der Waals surface area (Å²) in [7, 11) is 1.74. The molecule has 2 aromatic rings. The van der Waals surface area contributed by atoms with Crippen LogP contribution in [0.25, 0.3) is 5.69 Å². The number of nitrogens with zero attached hydrogens (tertiary/aromatic N) is 5. The maximum atomic E-state index is 12.4. The standard InChI is InChI=1S/C14H16N6O3/c1-18(12-5-6-15-8-12)14(21)13-9-19(17-16-13)10-3-2-4-11(7-10)20(22)23/h2-4,7,9,12,15H,5-6,8H2,1H3. The number of hydrogen-bond donors (Lipinski definition) is 1. The summed E-state index contributed by atoms with van der Waals surface area (Å²) < 4.78 is 1.36. The van der Waals surface area contributed by atoms with Crippen LogP contribution in [0.1, 0.15) is 16.9 Å². The highest BCUT2D eigenvalue weighted by Gasteiger charge is 2.25. The zero-order valence-electron chi connectivity index (χ0n) is 12.5. The van der Waals surface area contributed by atoms with Gasteiger partial charge in [0.05, 0.1) is 16.8 Å². The van der Waals surface area contributed by atoms with Crippen molar-refractivity contribution < 1.29 is 9.72 Å². The molecular formula is C14H16N6O3. The van der Waals surface area contributed by atoms with E-state index in [0.29, 0.717) is 5.69 Å². The Morgan fingerprint density at radius 2 is 2.35 bits per heavy atom. The first-order chi connectivity index (χ1) is 11.1. The summed E-state index contributed by atoms with van der Waals surface area (Å²) in [4.78, 5) is 24.4. The van der Waals surface area contributed by atoms with Gasteiger partial charge in [0.15, 0.2) is 5.69 Å². The van der Waals surface area contributed by atoms with Gasteiger partial charge in [0.1, 0.15) is 0 Å². The van der Waals surface area contributed by atoms with E-state index in [9.17, 15) is 14.9 Å². The zero-order valence-corrected chi connectivity index (χ0v) is 12.5. The molecule has 1 fully saturated rings.